The van der Waals surface area contributed by atoms with Gasteiger partial charge in [-0.3, -0.25) is 9.78 Å². The number of nitrogens with zero attached hydrogens (tertiary/aromatic N) is 2. The summed E-state index contributed by atoms with van der Waals surface area (Å²) in [6.07, 6.45) is 5.04. The maximum atomic E-state index is 12.8. The van der Waals surface area contributed by atoms with Gasteiger partial charge in [-0.1, -0.05) is 6.07 Å². The largest absolute Gasteiger partial charge is 0.490 e. The van der Waals surface area contributed by atoms with Gasteiger partial charge in [-0.15, -0.1) is 0 Å². The molecule has 1 aromatic carbocycles. The lowest BCUT2D eigenvalue weighted by Gasteiger charge is -2.14. The van der Waals surface area contributed by atoms with Crippen LogP contribution in [-0.2, 0) is 11.3 Å². The van der Waals surface area contributed by atoms with Gasteiger partial charge in [0.15, 0.2) is 11.5 Å². The number of amides is 1. The van der Waals surface area contributed by atoms with Gasteiger partial charge in [-0.05, 0) is 43.3 Å². The zero-order valence-corrected chi connectivity index (χ0v) is 17.5. The van der Waals surface area contributed by atoms with Crippen molar-refractivity contribution in [3.8, 4) is 17.4 Å². The summed E-state index contributed by atoms with van der Waals surface area (Å²) >= 11 is 0. The van der Waals surface area contributed by atoms with E-state index in [0.29, 0.717) is 55.1 Å². The fraction of sp³-hybridized carbons (Fsp3) is 0.261. The molecule has 0 aliphatic carbocycles. The van der Waals surface area contributed by atoms with Crippen LogP contribution in [0.4, 0.5) is 5.69 Å². The predicted molar refractivity (Wildman–Crippen MR) is 116 cm³/mol. The Hall–Kier alpha value is -3.65. The molecule has 3 aromatic rings. The average Bonchev–Trinajstić information content (AvgIpc) is 2.80. The molecule has 0 saturated heterocycles. The van der Waals surface area contributed by atoms with Crippen LogP contribution in [-0.4, -0.2) is 42.8 Å². The normalized spacial score (nSPS) is 10.4. The molecule has 8 heteroatoms. The second kappa shape index (κ2) is 11.5. The Kier molecular flexibility index (Phi) is 8.19. The number of ether oxygens (including phenoxy) is 4. The molecule has 0 saturated carbocycles. The van der Waals surface area contributed by atoms with Gasteiger partial charge >= 0.3 is 0 Å². The van der Waals surface area contributed by atoms with Gasteiger partial charge in [-0.25, -0.2) is 4.98 Å². The van der Waals surface area contributed by atoms with E-state index in [1.807, 2.05) is 19.1 Å². The van der Waals surface area contributed by atoms with Crippen molar-refractivity contribution in [2.24, 2.45) is 0 Å². The number of hydrogen-bond acceptors (Lipinski definition) is 7. The number of rotatable bonds is 11. The van der Waals surface area contributed by atoms with Crippen LogP contribution in [0.1, 0.15) is 22.8 Å². The minimum atomic E-state index is -0.315. The van der Waals surface area contributed by atoms with Crippen LogP contribution in [0.2, 0.25) is 0 Å². The van der Waals surface area contributed by atoms with E-state index in [9.17, 15) is 4.79 Å². The molecule has 0 spiro atoms. The second-order valence-electron chi connectivity index (χ2n) is 6.40. The Morgan fingerprint density at radius 1 is 1.00 bits per heavy atom. The van der Waals surface area contributed by atoms with Crippen LogP contribution in [0.15, 0.2) is 61.1 Å². The van der Waals surface area contributed by atoms with Crippen LogP contribution in [0, 0.1) is 0 Å². The number of hydrogen-bond donors (Lipinski definition) is 1. The molecule has 1 N–H and O–H groups in total. The van der Waals surface area contributed by atoms with Gasteiger partial charge in [-0.2, -0.15) is 0 Å². The molecule has 31 heavy (non-hydrogen) atoms. The summed E-state index contributed by atoms with van der Waals surface area (Å²) in [5.41, 5.74) is 1.83. The zero-order chi connectivity index (χ0) is 21.9. The Bertz CT molecular complexity index is 982. The van der Waals surface area contributed by atoms with Gasteiger partial charge in [0.05, 0.1) is 13.2 Å². The third-order valence-corrected chi connectivity index (χ3v) is 4.17. The summed E-state index contributed by atoms with van der Waals surface area (Å²) in [5, 5.41) is 2.83. The summed E-state index contributed by atoms with van der Waals surface area (Å²) in [6, 6.07) is 12.3. The number of pyridine rings is 2. The van der Waals surface area contributed by atoms with Crippen LogP contribution >= 0.6 is 0 Å². The fourth-order valence-corrected chi connectivity index (χ4v) is 2.70. The van der Waals surface area contributed by atoms with E-state index < -0.39 is 0 Å². The zero-order valence-electron chi connectivity index (χ0n) is 17.5. The number of nitrogens with one attached hydrogen (secondary N) is 1. The van der Waals surface area contributed by atoms with E-state index in [4.69, 9.17) is 18.9 Å². The minimum absolute atomic E-state index is 0.315. The summed E-state index contributed by atoms with van der Waals surface area (Å²) in [5.74, 6) is 1.05. The van der Waals surface area contributed by atoms with E-state index >= 15 is 0 Å². The molecule has 0 atom stereocenters. The minimum Gasteiger partial charge on any atom is -0.490 e. The molecular weight excluding hydrogens is 398 g/mol. The van der Waals surface area contributed by atoms with Crippen LogP contribution in [0.5, 0.6) is 17.4 Å². The van der Waals surface area contributed by atoms with Gasteiger partial charge in [0, 0.05) is 36.8 Å². The van der Waals surface area contributed by atoms with Crippen molar-refractivity contribution in [1.82, 2.24) is 9.97 Å². The number of anilines is 1. The predicted octanol–water partition coefficient (Wildman–Crippen LogP) is 3.73. The molecule has 2 aromatic heterocycles. The van der Waals surface area contributed by atoms with Crippen LogP contribution < -0.4 is 19.5 Å². The maximum absolute atomic E-state index is 12.8. The van der Waals surface area contributed by atoms with E-state index in [1.54, 1.807) is 56.0 Å². The smallest absolute Gasteiger partial charge is 0.255 e. The highest BCUT2D eigenvalue weighted by molar-refractivity contribution is 6.05. The summed E-state index contributed by atoms with van der Waals surface area (Å²) in [4.78, 5) is 21.1. The molecule has 162 valence electrons. The van der Waals surface area contributed by atoms with Gasteiger partial charge in [0.2, 0.25) is 5.88 Å². The highest BCUT2D eigenvalue weighted by Crippen LogP contribution is 2.30. The average molecular weight is 423 g/mol. The molecule has 0 fully saturated rings. The van der Waals surface area contributed by atoms with E-state index in [0.717, 1.165) is 5.56 Å². The Morgan fingerprint density at radius 3 is 2.65 bits per heavy atom. The second-order valence-corrected chi connectivity index (χ2v) is 6.40. The molecule has 0 aliphatic rings. The molecule has 0 unspecified atom stereocenters. The first-order chi connectivity index (χ1) is 15.2. The lowest BCUT2D eigenvalue weighted by atomic mass is 10.2. The van der Waals surface area contributed by atoms with Crippen LogP contribution in [0.25, 0.3) is 0 Å². The van der Waals surface area contributed by atoms with Crippen molar-refractivity contribution in [3.05, 3.63) is 72.2 Å². The van der Waals surface area contributed by atoms with Crippen molar-refractivity contribution < 1.29 is 23.7 Å². The Balaban J connectivity index is 1.72. The standard InChI is InChI=1S/C23H25N3O5/c1-3-29-21-14-18(8-9-20(21)31-16-17-6-4-10-24-15-17)22(27)26-19-7-5-11-25-23(19)30-13-12-28-2/h4-11,14-15H,3,12-13,16H2,1-2H3,(H,26,27). The molecule has 0 aliphatic heterocycles. The van der Waals surface area contributed by atoms with Crippen molar-refractivity contribution in [1.29, 1.82) is 0 Å². The van der Waals surface area contributed by atoms with Crippen molar-refractivity contribution in [2.75, 3.05) is 32.2 Å². The number of carbonyl (C=O) groups excluding carboxylic acids is 1. The van der Waals surface area contributed by atoms with Crippen molar-refractivity contribution in [3.63, 3.8) is 0 Å². The molecule has 2 heterocycles. The number of benzene rings is 1. The van der Waals surface area contributed by atoms with E-state index in [1.165, 1.54) is 0 Å². The summed E-state index contributed by atoms with van der Waals surface area (Å²) in [6.45, 7) is 3.40. The van der Waals surface area contributed by atoms with Crippen molar-refractivity contribution in [2.45, 2.75) is 13.5 Å². The lowest BCUT2D eigenvalue weighted by molar-refractivity contribution is 0.102. The number of carbonyl (C=O) groups is 1. The molecule has 0 radical (unpaired) electrons. The third-order valence-electron chi connectivity index (χ3n) is 4.17. The van der Waals surface area contributed by atoms with Gasteiger partial charge in [0.1, 0.15) is 18.9 Å². The molecule has 0 bridgehead atoms. The first kappa shape index (κ1) is 22.0. The molecule has 3 rings (SSSR count). The Labute approximate surface area is 181 Å². The Morgan fingerprint density at radius 2 is 1.87 bits per heavy atom. The third kappa shape index (κ3) is 6.42. The monoisotopic (exact) mass is 423 g/mol. The van der Waals surface area contributed by atoms with Gasteiger partial charge < -0.3 is 24.3 Å². The van der Waals surface area contributed by atoms with Crippen molar-refractivity contribution >= 4 is 11.6 Å². The van der Waals surface area contributed by atoms with Gasteiger partial charge in [0.25, 0.3) is 5.91 Å². The first-order valence-electron chi connectivity index (χ1n) is 9.88. The summed E-state index contributed by atoms with van der Waals surface area (Å²) < 4.78 is 22.1. The van der Waals surface area contributed by atoms with Crippen LogP contribution in [0.3, 0.4) is 0 Å². The highest BCUT2D eigenvalue weighted by atomic mass is 16.5. The molecule has 8 nitrogen and oxygen atoms in total. The number of methoxy groups -OCH3 is 1. The fourth-order valence-electron chi connectivity index (χ4n) is 2.70. The molecular formula is C23H25N3O5. The van der Waals surface area contributed by atoms with E-state index in [-0.39, 0.29) is 5.91 Å². The highest BCUT2D eigenvalue weighted by Gasteiger charge is 2.14. The number of aromatic nitrogens is 2. The SMILES string of the molecule is CCOc1cc(C(=O)Nc2cccnc2OCCOC)ccc1OCc1cccnc1. The topological polar surface area (TPSA) is 91.8 Å². The van der Waals surface area contributed by atoms with E-state index in [2.05, 4.69) is 15.3 Å². The lowest BCUT2D eigenvalue weighted by Crippen LogP contribution is -2.15. The molecule has 1 amide bonds. The quantitative estimate of drug-likeness (QED) is 0.470. The first-order valence-corrected chi connectivity index (χ1v) is 9.88. The maximum Gasteiger partial charge on any atom is 0.255 e. The summed E-state index contributed by atoms with van der Waals surface area (Å²) in [7, 11) is 1.59.